The van der Waals surface area contributed by atoms with E-state index >= 15 is 0 Å². The van der Waals surface area contributed by atoms with Crippen molar-refractivity contribution < 1.29 is 0 Å². The van der Waals surface area contributed by atoms with Crippen molar-refractivity contribution >= 4 is 17.6 Å². The molecule has 0 unspecified atom stereocenters. The van der Waals surface area contributed by atoms with Gasteiger partial charge in [0, 0.05) is 11.3 Å². The van der Waals surface area contributed by atoms with Crippen LogP contribution < -0.4 is 5.73 Å². The molecule has 2 N–H and O–H groups in total. The Morgan fingerprint density at radius 1 is 0.852 bits per heavy atom. The second-order valence-electron chi connectivity index (χ2n) is 5.57. The number of pyridine rings is 1. The average molecular weight is 367 g/mol. The molecule has 0 radical (unpaired) electrons. The summed E-state index contributed by atoms with van der Waals surface area (Å²) in [4.78, 5) is 4.28. The molecule has 5 nitrogen and oxygen atoms in total. The summed E-state index contributed by atoms with van der Waals surface area (Å²) in [5.74, 6) is 0.553. The zero-order valence-corrected chi connectivity index (χ0v) is 15.0. The zero-order chi connectivity index (χ0) is 19.2. The van der Waals surface area contributed by atoms with Crippen LogP contribution >= 0.6 is 11.8 Å². The molecule has 0 saturated carbocycles. The first-order valence-electron chi connectivity index (χ1n) is 7.99. The third kappa shape index (κ3) is 3.60. The molecule has 6 heteroatoms. The van der Waals surface area contributed by atoms with Gasteiger partial charge in [-0.2, -0.15) is 15.8 Å². The predicted octanol–water partition coefficient (Wildman–Crippen LogP) is 4.24. The molecule has 2 aromatic carbocycles. The molecule has 0 spiro atoms. The molecule has 3 aromatic rings. The van der Waals surface area contributed by atoms with Gasteiger partial charge in [0.2, 0.25) is 0 Å². The number of benzene rings is 2. The van der Waals surface area contributed by atoms with Crippen molar-refractivity contribution in [3.8, 4) is 29.3 Å². The van der Waals surface area contributed by atoms with E-state index in [-0.39, 0.29) is 11.4 Å². The molecule has 0 aliphatic heterocycles. The maximum absolute atomic E-state index is 9.76. The van der Waals surface area contributed by atoms with Gasteiger partial charge in [-0.1, -0.05) is 48.5 Å². The topological polar surface area (TPSA) is 110 Å². The molecule has 1 aromatic heterocycles. The maximum Gasteiger partial charge on any atom is 0.143 e. The van der Waals surface area contributed by atoms with Crippen LogP contribution in [0.2, 0.25) is 0 Å². The minimum absolute atomic E-state index is 0.0893. The molecule has 27 heavy (non-hydrogen) atoms. The largest absolute Gasteiger partial charge is 0.383 e. The lowest BCUT2D eigenvalue weighted by Crippen LogP contribution is -2.03. The van der Waals surface area contributed by atoms with Crippen molar-refractivity contribution in [2.45, 2.75) is 10.8 Å². The van der Waals surface area contributed by atoms with E-state index in [1.54, 1.807) is 12.1 Å². The predicted molar refractivity (Wildman–Crippen MR) is 104 cm³/mol. The Morgan fingerprint density at radius 2 is 1.52 bits per heavy atom. The smallest absolute Gasteiger partial charge is 0.143 e. The summed E-state index contributed by atoms with van der Waals surface area (Å²) in [5, 5.41) is 29.0. The third-order valence-corrected chi connectivity index (χ3v) is 5.00. The highest BCUT2D eigenvalue weighted by molar-refractivity contribution is 7.98. The Balaban J connectivity index is 2.10. The first-order chi connectivity index (χ1) is 13.2. The molecule has 128 valence electrons. The highest BCUT2D eigenvalue weighted by Gasteiger charge is 2.20. The number of anilines is 1. The first-order valence-corrected chi connectivity index (χ1v) is 8.98. The molecule has 0 bridgehead atoms. The number of thioether (sulfide) groups is 1. The number of hydrogen-bond acceptors (Lipinski definition) is 6. The number of nitrogen functional groups attached to an aromatic ring is 1. The Morgan fingerprint density at radius 3 is 2.19 bits per heavy atom. The fourth-order valence-electron chi connectivity index (χ4n) is 2.70. The second kappa shape index (κ2) is 8.06. The van der Waals surface area contributed by atoms with Crippen molar-refractivity contribution in [2.75, 3.05) is 5.73 Å². The lowest BCUT2D eigenvalue weighted by molar-refractivity contribution is 1.11. The van der Waals surface area contributed by atoms with Crippen molar-refractivity contribution in [2.24, 2.45) is 0 Å². The molecule has 0 aliphatic rings. The SMILES string of the molecule is N#Cc1ccccc1CSc1nc(N)c(C#N)c(-c2ccccc2)c1C#N. The van der Waals surface area contributed by atoms with Crippen LogP contribution in [0.15, 0.2) is 59.6 Å². The van der Waals surface area contributed by atoms with E-state index in [1.807, 2.05) is 42.5 Å². The van der Waals surface area contributed by atoms with E-state index in [2.05, 4.69) is 23.2 Å². The Bertz CT molecular complexity index is 1120. The van der Waals surface area contributed by atoms with E-state index in [1.165, 1.54) is 11.8 Å². The number of hydrogen-bond donors (Lipinski definition) is 1. The Labute approximate surface area is 161 Å². The summed E-state index contributed by atoms with van der Waals surface area (Å²) in [6.07, 6.45) is 0. The standard InChI is InChI=1S/C21H13N5S/c22-10-15-8-4-5-9-16(15)13-27-21-18(12-24)19(14-6-2-1-3-7-14)17(11-23)20(25)26-21/h1-9H,13H2,(H2,25,26). The number of nitriles is 3. The molecule has 3 rings (SSSR count). The van der Waals surface area contributed by atoms with E-state index in [0.29, 0.717) is 27.5 Å². The minimum atomic E-state index is 0.0893. The highest BCUT2D eigenvalue weighted by Crippen LogP contribution is 2.36. The van der Waals surface area contributed by atoms with Crippen molar-refractivity contribution in [1.82, 2.24) is 4.98 Å². The molecular formula is C21H13N5S. The normalized spacial score (nSPS) is 9.81. The molecule has 0 aliphatic carbocycles. The Kier molecular flexibility index (Phi) is 5.38. The minimum Gasteiger partial charge on any atom is -0.383 e. The van der Waals surface area contributed by atoms with Gasteiger partial charge in [0.25, 0.3) is 0 Å². The summed E-state index contributed by atoms with van der Waals surface area (Å²) in [5.41, 5.74) is 9.16. The fourth-order valence-corrected chi connectivity index (χ4v) is 3.70. The summed E-state index contributed by atoms with van der Waals surface area (Å²) in [6.45, 7) is 0. The van der Waals surface area contributed by atoms with Crippen molar-refractivity contribution in [3.05, 3.63) is 76.9 Å². The van der Waals surface area contributed by atoms with E-state index < -0.39 is 0 Å². The van der Waals surface area contributed by atoms with Crippen LogP contribution in [-0.2, 0) is 5.75 Å². The number of aromatic nitrogens is 1. The van der Waals surface area contributed by atoms with Gasteiger partial charge in [0.05, 0.1) is 17.2 Å². The molecule has 0 atom stereocenters. The van der Waals surface area contributed by atoms with Gasteiger partial charge in [-0.3, -0.25) is 0 Å². The molecular weight excluding hydrogens is 354 g/mol. The summed E-state index contributed by atoms with van der Waals surface area (Å²) in [7, 11) is 0. The van der Waals surface area contributed by atoms with Crippen LogP contribution in [0.5, 0.6) is 0 Å². The summed E-state index contributed by atoms with van der Waals surface area (Å²) < 4.78 is 0. The first kappa shape index (κ1) is 18.0. The molecule has 0 fully saturated rings. The molecule has 0 saturated heterocycles. The summed E-state index contributed by atoms with van der Waals surface area (Å²) in [6, 6.07) is 22.9. The average Bonchev–Trinajstić information content (AvgIpc) is 2.72. The van der Waals surface area contributed by atoms with Crippen LogP contribution in [0.3, 0.4) is 0 Å². The third-order valence-electron chi connectivity index (χ3n) is 3.98. The quantitative estimate of drug-likeness (QED) is 0.691. The molecule has 1 heterocycles. The van der Waals surface area contributed by atoms with Crippen LogP contribution in [0.25, 0.3) is 11.1 Å². The van der Waals surface area contributed by atoms with E-state index in [0.717, 1.165) is 11.1 Å². The van der Waals surface area contributed by atoms with Crippen LogP contribution in [0.1, 0.15) is 22.3 Å². The summed E-state index contributed by atoms with van der Waals surface area (Å²) >= 11 is 1.32. The second-order valence-corrected chi connectivity index (χ2v) is 6.54. The van der Waals surface area contributed by atoms with Gasteiger partial charge < -0.3 is 5.73 Å². The van der Waals surface area contributed by atoms with Gasteiger partial charge >= 0.3 is 0 Å². The Hall–Kier alpha value is -3.79. The highest BCUT2D eigenvalue weighted by atomic mass is 32.2. The molecule has 0 amide bonds. The zero-order valence-electron chi connectivity index (χ0n) is 14.2. The number of nitrogens with zero attached hydrogens (tertiary/aromatic N) is 4. The lowest BCUT2D eigenvalue weighted by atomic mass is 9.97. The van der Waals surface area contributed by atoms with E-state index in [4.69, 9.17) is 5.73 Å². The number of rotatable bonds is 4. The van der Waals surface area contributed by atoms with Gasteiger partial charge in [0.15, 0.2) is 0 Å². The van der Waals surface area contributed by atoms with Crippen molar-refractivity contribution in [1.29, 1.82) is 15.8 Å². The van der Waals surface area contributed by atoms with Gasteiger partial charge in [-0.15, -0.1) is 11.8 Å². The van der Waals surface area contributed by atoms with Crippen molar-refractivity contribution in [3.63, 3.8) is 0 Å². The maximum atomic E-state index is 9.76. The number of nitrogens with two attached hydrogens (primary N) is 1. The fraction of sp³-hybridized carbons (Fsp3) is 0.0476. The lowest BCUT2D eigenvalue weighted by Gasteiger charge is -2.13. The van der Waals surface area contributed by atoms with Crippen LogP contribution in [0.4, 0.5) is 5.82 Å². The van der Waals surface area contributed by atoms with Gasteiger partial charge in [-0.25, -0.2) is 4.98 Å². The van der Waals surface area contributed by atoms with Crippen LogP contribution in [0, 0.1) is 34.0 Å². The van der Waals surface area contributed by atoms with Gasteiger partial charge in [-0.05, 0) is 17.2 Å². The van der Waals surface area contributed by atoms with E-state index in [9.17, 15) is 15.8 Å². The van der Waals surface area contributed by atoms with Gasteiger partial charge in [0.1, 0.15) is 28.5 Å². The monoisotopic (exact) mass is 367 g/mol. The van der Waals surface area contributed by atoms with Crippen LogP contribution in [-0.4, -0.2) is 4.98 Å².